The van der Waals surface area contributed by atoms with Crippen molar-refractivity contribution in [2.24, 2.45) is 0 Å². The summed E-state index contributed by atoms with van der Waals surface area (Å²) in [4.78, 5) is 0. The van der Waals surface area contributed by atoms with Gasteiger partial charge in [-0.25, -0.2) is 0 Å². The molecule has 0 fully saturated rings. The van der Waals surface area contributed by atoms with Gasteiger partial charge in [-0.15, -0.1) is 0 Å². The van der Waals surface area contributed by atoms with Crippen molar-refractivity contribution in [3.05, 3.63) is 212 Å². The maximum Gasteiger partial charge on any atom is 0.135 e. The van der Waals surface area contributed by atoms with E-state index in [1.807, 2.05) is 24.3 Å². The maximum absolute atomic E-state index is 6.28. The number of para-hydroxylation sites is 2. The van der Waals surface area contributed by atoms with E-state index in [1.165, 1.54) is 27.6 Å². The van der Waals surface area contributed by atoms with E-state index < -0.39 is 0 Å². The zero-order valence-corrected chi connectivity index (χ0v) is 32.0. The van der Waals surface area contributed by atoms with Crippen molar-refractivity contribution in [2.45, 2.75) is 0 Å². The highest BCUT2D eigenvalue weighted by Crippen LogP contribution is 2.46. The van der Waals surface area contributed by atoms with Gasteiger partial charge >= 0.3 is 0 Å². The number of aromatic nitrogens is 1. The predicted octanol–water partition coefficient (Wildman–Crippen LogP) is 15.8. The number of hydrogen-bond acceptors (Lipinski definition) is 2. The number of fused-ring (bicyclic) bond motifs is 7. The summed E-state index contributed by atoms with van der Waals surface area (Å²) in [7, 11) is 0. The molecule has 3 aromatic heterocycles. The van der Waals surface area contributed by atoms with Crippen molar-refractivity contribution in [1.82, 2.24) is 4.57 Å². The monoisotopic (exact) mass is 753 g/mol. The highest BCUT2D eigenvalue weighted by Gasteiger charge is 2.23. The van der Waals surface area contributed by atoms with Gasteiger partial charge in [-0.3, -0.25) is 0 Å². The third-order valence-electron chi connectivity index (χ3n) is 11.8. The molecule has 0 aliphatic carbocycles. The molecule has 12 aromatic rings. The van der Waals surface area contributed by atoms with Gasteiger partial charge in [-0.05, 0) is 111 Å². The molecular weight excluding hydrogens is 719 g/mol. The molecule has 0 bridgehead atoms. The average molecular weight is 754 g/mol. The highest BCUT2D eigenvalue weighted by atomic mass is 16.3. The first-order valence-corrected chi connectivity index (χ1v) is 20.1. The van der Waals surface area contributed by atoms with Crippen LogP contribution in [0, 0.1) is 0 Å². The van der Waals surface area contributed by atoms with Gasteiger partial charge in [0.25, 0.3) is 0 Å². The quantitative estimate of drug-likeness (QED) is 0.169. The van der Waals surface area contributed by atoms with E-state index in [1.54, 1.807) is 0 Å². The van der Waals surface area contributed by atoms with Crippen molar-refractivity contribution in [1.29, 1.82) is 0 Å². The molecule has 0 aliphatic heterocycles. The van der Waals surface area contributed by atoms with Crippen molar-refractivity contribution in [3.8, 4) is 61.5 Å². The zero-order valence-electron chi connectivity index (χ0n) is 32.0. The van der Waals surface area contributed by atoms with Crippen molar-refractivity contribution in [2.75, 3.05) is 0 Å². The van der Waals surface area contributed by atoms with Gasteiger partial charge in [0.05, 0.1) is 11.2 Å². The molecular formula is C56H35NO2. The molecule has 0 spiro atoms. The molecule has 9 aromatic carbocycles. The molecule has 59 heavy (non-hydrogen) atoms. The molecule has 0 saturated carbocycles. The lowest BCUT2D eigenvalue weighted by Gasteiger charge is -2.17. The standard InChI is InChI=1S/C56H35NO2/c1-4-14-36(15-5-1)39-24-27-50-49(35-39)55(37-16-6-2-7-17-37)56(38-18-8-3-9-19-38)57(50)44-31-42(40-25-28-53-47(33-40)45-20-10-12-22-51(45)58-53)30-43(32-44)41-26-29-54-48(34-41)46-21-11-13-23-52(46)59-54/h1-35H. The molecule has 0 amide bonds. The molecule has 0 aliphatic rings. The van der Waals surface area contributed by atoms with Crippen LogP contribution in [0.5, 0.6) is 0 Å². The Hall–Kier alpha value is -7.88. The molecule has 0 radical (unpaired) electrons. The smallest absolute Gasteiger partial charge is 0.135 e. The molecule has 3 nitrogen and oxygen atoms in total. The van der Waals surface area contributed by atoms with Crippen LogP contribution in [-0.4, -0.2) is 4.57 Å². The molecule has 276 valence electrons. The Labute approximate surface area is 340 Å². The second kappa shape index (κ2) is 13.4. The summed E-state index contributed by atoms with van der Waals surface area (Å²) in [5.41, 5.74) is 17.3. The van der Waals surface area contributed by atoms with Crippen LogP contribution in [0.25, 0.3) is 116 Å². The highest BCUT2D eigenvalue weighted by molar-refractivity contribution is 6.09. The van der Waals surface area contributed by atoms with E-state index in [-0.39, 0.29) is 0 Å². The Morgan fingerprint density at radius 1 is 0.271 bits per heavy atom. The largest absolute Gasteiger partial charge is 0.456 e. The third-order valence-corrected chi connectivity index (χ3v) is 11.8. The van der Waals surface area contributed by atoms with Gasteiger partial charge in [0, 0.05) is 38.2 Å². The van der Waals surface area contributed by atoms with E-state index in [0.29, 0.717) is 0 Å². The van der Waals surface area contributed by atoms with Gasteiger partial charge in [-0.2, -0.15) is 0 Å². The van der Waals surface area contributed by atoms with Crippen LogP contribution in [0.2, 0.25) is 0 Å². The Morgan fingerprint density at radius 3 is 1.29 bits per heavy atom. The predicted molar refractivity (Wildman–Crippen MR) is 245 cm³/mol. The second-order valence-corrected chi connectivity index (χ2v) is 15.3. The number of furan rings is 2. The van der Waals surface area contributed by atoms with Gasteiger partial charge in [0.2, 0.25) is 0 Å². The van der Waals surface area contributed by atoms with Crippen LogP contribution in [0.4, 0.5) is 0 Å². The normalized spacial score (nSPS) is 11.7. The first kappa shape index (κ1) is 33.3. The molecule has 3 heteroatoms. The lowest BCUT2D eigenvalue weighted by molar-refractivity contribution is 0.668. The Kier molecular flexibility index (Phi) is 7.54. The van der Waals surface area contributed by atoms with E-state index in [9.17, 15) is 0 Å². The van der Waals surface area contributed by atoms with Crippen molar-refractivity contribution >= 4 is 54.8 Å². The van der Waals surface area contributed by atoms with Crippen LogP contribution in [0.15, 0.2) is 221 Å². The van der Waals surface area contributed by atoms with Crippen LogP contribution in [0.3, 0.4) is 0 Å². The minimum atomic E-state index is 0.883. The van der Waals surface area contributed by atoms with Crippen molar-refractivity contribution in [3.63, 3.8) is 0 Å². The lowest BCUT2D eigenvalue weighted by atomic mass is 9.95. The van der Waals surface area contributed by atoms with Crippen LogP contribution >= 0.6 is 0 Å². The fourth-order valence-corrected chi connectivity index (χ4v) is 9.02. The first-order chi connectivity index (χ1) is 29.2. The fraction of sp³-hybridized carbons (Fsp3) is 0. The van der Waals surface area contributed by atoms with E-state index in [2.05, 4.69) is 193 Å². The summed E-state index contributed by atoms with van der Waals surface area (Å²) in [5.74, 6) is 0. The van der Waals surface area contributed by atoms with Gasteiger partial charge in [0.1, 0.15) is 22.3 Å². The molecule has 0 N–H and O–H groups in total. The second-order valence-electron chi connectivity index (χ2n) is 15.3. The van der Waals surface area contributed by atoms with Crippen LogP contribution in [-0.2, 0) is 0 Å². The van der Waals surface area contributed by atoms with Gasteiger partial charge in [-0.1, -0.05) is 146 Å². The third kappa shape index (κ3) is 5.51. The fourth-order valence-electron chi connectivity index (χ4n) is 9.02. The molecule has 0 atom stereocenters. The first-order valence-electron chi connectivity index (χ1n) is 20.1. The van der Waals surface area contributed by atoms with Gasteiger partial charge in [0.15, 0.2) is 0 Å². The number of rotatable bonds is 6. The molecule has 3 heterocycles. The van der Waals surface area contributed by atoms with E-state index in [4.69, 9.17) is 8.83 Å². The number of hydrogen-bond donors (Lipinski definition) is 0. The van der Waals surface area contributed by atoms with Crippen molar-refractivity contribution < 1.29 is 8.83 Å². The summed E-state index contributed by atoms with van der Waals surface area (Å²) in [6.45, 7) is 0. The Morgan fingerprint density at radius 2 is 0.712 bits per heavy atom. The summed E-state index contributed by atoms with van der Waals surface area (Å²) in [6, 6.07) is 76.0. The molecule has 0 saturated heterocycles. The number of nitrogens with zero attached hydrogens (tertiary/aromatic N) is 1. The zero-order chi connectivity index (χ0) is 38.9. The van der Waals surface area contributed by atoms with Crippen LogP contribution in [0.1, 0.15) is 0 Å². The lowest BCUT2D eigenvalue weighted by Crippen LogP contribution is -1.99. The Bertz CT molecular complexity index is 3400. The summed E-state index contributed by atoms with van der Waals surface area (Å²) in [5, 5.41) is 5.63. The van der Waals surface area contributed by atoms with E-state index in [0.717, 1.165) is 88.6 Å². The minimum Gasteiger partial charge on any atom is -0.456 e. The molecule has 0 unspecified atom stereocenters. The average Bonchev–Trinajstić information content (AvgIpc) is 3.99. The maximum atomic E-state index is 6.28. The van der Waals surface area contributed by atoms with Gasteiger partial charge < -0.3 is 13.4 Å². The van der Waals surface area contributed by atoms with Crippen LogP contribution < -0.4 is 0 Å². The number of benzene rings is 9. The summed E-state index contributed by atoms with van der Waals surface area (Å²) >= 11 is 0. The Balaban J connectivity index is 1.18. The topological polar surface area (TPSA) is 31.2 Å². The SMILES string of the molecule is c1ccc(-c2ccc3c(c2)c(-c2ccccc2)c(-c2ccccc2)n3-c2cc(-c3ccc4oc5ccccc5c4c3)cc(-c3ccc4oc5ccccc5c4c3)c2)cc1. The van der Waals surface area contributed by atoms with E-state index >= 15 is 0 Å². The summed E-state index contributed by atoms with van der Waals surface area (Å²) < 4.78 is 15.0. The molecule has 12 rings (SSSR count). The summed E-state index contributed by atoms with van der Waals surface area (Å²) in [6.07, 6.45) is 0. The minimum absolute atomic E-state index is 0.883.